The van der Waals surface area contributed by atoms with Crippen LogP contribution in [0.3, 0.4) is 0 Å². The maximum atomic E-state index is 12.0. The van der Waals surface area contributed by atoms with Gasteiger partial charge in [0.15, 0.2) is 11.4 Å². The summed E-state index contributed by atoms with van der Waals surface area (Å²) in [5.74, 6) is -2.08. The summed E-state index contributed by atoms with van der Waals surface area (Å²) in [6, 6.07) is 5.92. The van der Waals surface area contributed by atoms with E-state index < -0.39 is 42.5 Å². The number of carbonyl (C=O) groups is 3. The van der Waals surface area contributed by atoms with Crippen molar-refractivity contribution in [3.05, 3.63) is 44.9 Å². The number of ether oxygens (including phenoxy) is 3. The summed E-state index contributed by atoms with van der Waals surface area (Å²) in [4.78, 5) is 63.5. The van der Waals surface area contributed by atoms with Crippen molar-refractivity contribution in [1.82, 2.24) is 0 Å². The zero-order chi connectivity index (χ0) is 22.4. The molecule has 0 aromatic heterocycles. The second kappa shape index (κ2) is 13.4. The van der Waals surface area contributed by atoms with Gasteiger partial charge >= 0.3 is 17.9 Å². The van der Waals surface area contributed by atoms with Crippen molar-refractivity contribution in [2.75, 3.05) is 13.4 Å². The highest BCUT2D eigenvalue weighted by molar-refractivity contribution is 5.93. The first-order valence-electron chi connectivity index (χ1n) is 8.69. The van der Waals surface area contributed by atoms with E-state index in [1.165, 1.54) is 19.1 Å². The zero-order valence-corrected chi connectivity index (χ0v) is 16.0. The first-order chi connectivity index (χ1) is 14.3. The predicted octanol–water partition coefficient (Wildman–Crippen LogP) is 2.10. The molecule has 164 valence electrons. The van der Waals surface area contributed by atoms with Crippen LogP contribution in [0.4, 0.5) is 0 Å². The monoisotopic (exact) mass is 428 g/mol. The largest absolute Gasteiger partial charge is 0.428 e. The third kappa shape index (κ3) is 9.96. The van der Waals surface area contributed by atoms with Gasteiger partial charge in [0.2, 0.25) is 6.79 Å². The molecule has 1 aromatic rings. The molecule has 0 amide bonds. The van der Waals surface area contributed by atoms with Crippen LogP contribution in [0.5, 0.6) is 5.75 Å². The van der Waals surface area contributed by atoms with Crippen LogP contribution in [0.25, 0.3) is 0 Å². The fourth-order valence-electron chi connectivity index (χ4n) is 2.19. The van der Waals surface area contributed by atoms with Gasteiger partial charge in [0.1, 0.15) is 17.9 Å². The molecule has 13 nitrogen and oxygen atoms in total. The van der Waals surface area contributed by atoms with Crippen molar-refractivity contribution < 1.29 is 43.4 Å². The summed E-state index contributed by atoms with van der Waals surface area (Å²) in [7, 11) is 0. The molecule has 0 fully saturated rings. The second-order valence-corrected chi connectivity index (χ2v) is 5.72. The highest BCUT2D eigenvalue weighted by Crippen LogP contribution is 2.19. The van der Waals surface area contributed by atoms with E-state index in [1.807, 2.05) is 0 Å². The molecule has 0 radical (unpaired) electrons. The van der Waals surface area contributed by atoms with E-state index in [0.29, 0.717) is 12.8 Å². The Hall–Kier alpha value is -3.77. The van der Waals surface area contributed by atoms with Crippen LogP contribution >= 0.6 is 0 Å². The molecule has 0 bridgehead atoms. The Kier molecular flexibility index (Phi) is 10.9. The van der Waals surface area contributed by atoms with E-state index in [1.54, 1.807) is 12.1 Å². The molecule has 1 aromatic carbocycles. The van der Waals surface area contributed by atoms with Gasteiger partial charge in [0.05, 0.1) is 0 Å². The molecule has 0 N–H and O–H groups in total. The molecule has 0 saturated heterocycles. The fraction of sp³-hybridized carbons (Fsp3) is 0.471. The van der Waals surface area contributed by atoms with Gasteiger partial charge in [0.25, 0.3) is 5.09 Å². The van der Waals surface area contributed by atoms with Gasteiger partial charge in [0, 0.05) is 13.3 Å². The number of para-hydroxylation sites is 1. The second-order valence-electron chi connectivity index (χ2n) is 5.72. The SMILES string of the molecule is CC(=O)Oc1ccccc1C(=O)OCOC(=O)CCCCC(CO[N+](=O)[O-])ON=O. The van der Waals surface area contributed by atoms with Crippen LogP contribution < -0.4 is 4.74 Å². The number of carbonyl (C=O) groups excluding carboxylic acids is 3. The molecule has 0 heterocycles. The minimum atomic E-state index is -1.02. The Morgan fingerprint density at radius 1 is 1.17 bits per heavy atom. The lowest BCUT2D eigenvalue weighted by molar-refractivity contribution is -0.759. The fourth-order valence-corrected chi connectivity index (χ4v) is 2.19. The molecule has 0 aliphatic carbocycles. The van der Waals surface area contributed by atoms with Gasteiger partial charge in [-0.05, 0) is 31.4 Å². The maximum Gasteiger partial charge on any atom is 0.344 e. The lowest BCUT2D eigenvalue weighted by atomic mass is 10.1. The van der Waals surface area contributed by atoms with Gasteiger partial charge < -0.3 is 23.9 Å². The van der Waals surface area contributed by atoms with Crippen LogP contribution in [0.15, 0.2) is 29.6 Å². The topological polar surface area (TPSA) is 170 Å². The molecular weight excluding hydrogens is 408 g/mol. The van der Waals surface area contributed by atoms with Crippen molar-refractivity contribution in [1.29, 1.82) is 0 Å². The Labute approximate surface area is 170 Å². The molecular formula is C17H20N2O11. The van der Waals surface area contributed by atoms with Crippen molar-refractivity contribution >= 4 is 17.9 Å². The van der Waals surface area contributed by atoms with E-state index in [2.05, 4.69) is 15.0 Å². The van der Waals surface area contributed by atoms with Gasteiger partial charge in [-0.2, -0.15) is 0 Å². The van der Waals surface area contributed by atoms with E-state index >= 15 is 0 Å². The average Bonchev–Trinajstić information content (AvgIpc) is 2.69. The molecule has 1 atom stereocenters. The molecule has 1 unspecified atom stereocenters. The number of hydrogen-bond donors (Lipinski definition) is 0. The standard InChI is InChI=1S/C17H20N2O11/c1-12(20)29-15-8-4-3-7-14(15)17(22)27-11-26-16(21)9-5-2-6-13(30-18-23)10-28-19(24)25/h3-4,7-8,13H,2,5-6,9-11H2,1H3. The molecule has 30 heavy (non-hydrogen) atoms. The normalized spacial score (nSPS) is 11.0. The third-order valence-corrected chi connectivity index (χ3v) is 3.49. The van der Waals surface area contributed by atoms with Crippen molar-refractivity contribution in [3.8, 4) is 5.75 Å². The summed E-state index contributed by atoms with van der Waals surface area (Å²) in [5.41, 5.74) is -0.00415. The number of unbranched alkanes of at least 4 members (excludes halogenated alkanes) is 1. The Balaban J connectivity index is 2.30. The minimum absolute atomic E-state index is 0.00415. The molecule has 13 heteroatoms. The summed E-state index contributed by atoms with van der Waals surface area (Å²) in [6.07, 6.45) is -0.0686. The number of rotatable bonds is 14. The quantitative estimate of drug-likeness (QED) is 0.0808. The lowest BCUT2D eigenvalue weighted by Gasteiger charge is -2.11. The predicted molar refractivity (Wildman–Crippen MR) is 96.2 cm³/mol. The van der Waals surface area contributed by atoms with Gasteiger partial charge in [-0.1, -0.05) is 12.1 Å². The Morgan fingerprint density at radius 3 is 2.57 bits per heavy atom. The van der Waals surface area contributed by atoms with E-state index in [-0.39, 0.29) is 24.2 Å². The first kappa shape index (κ1) is 24.3. The average molecular weight is 428 g/mol. The summed E-state index contributed by atoms with van der Waals surface area (Å²) in [5, 5.41) is 11.3. The number of nitrogens with zero attached hydrogens (tertiary/aromatic N) is 2. The molecule has 0 saturated carbocycles. The van der Waals surface area contributed by atoms with Gasteiger partial charge in [-0.25, -0.2) is 4.79 Å². The van der Waals surface area contributed by atoms with Gasteiger partial charge in [-0.15, -0.1) is 15.0 Å². The highest BCUT2D eigenvalue weighted by atomic mass is 17.0. The number of esters is 3. The zero-order valence-electron chi connectivity index (χ0n) is 16.0. The van der Waals surface area contributed by atoms with E-state index in [9.17, 15) is 29.4 Å². The van der Waals surface area contributed by atoms with Gasteiger partial charge in [-0.3, -0.25) is 9.59 Å². The molecule has 1 rings (SSSR count). The van der Waals surface area contributed by atoms with E-state index in [4.69, 9.17) is 14.2 Å². The third-order valence-electron chi connectivity index (χ3n) is 3.49. The van der Waals surface area contributed by atoms with E-state index in [0.717, 1.165) is 0 Å². The molecule has 0 aliphatic heterocycles. The van der Waals surface area contributed by atoms with Crippen LogP contribution in [0.1, 0.15) is 43.0 Å². The van der Waals surface area contributed by atoms with Crippen molar-refractivity contribution in [2.45, 2.75) is 38.7 Å². The molecule has 0 spiro atoms. The van der Waals surface area contributed by atoms with Crippen LogP contribution in [0, 0.1) is 15.0 Å². The van der Waals surface area contributed by atoms with Crippen LogP contribution in [-0.2, 0) is 28.7 Å². The highest BCUT2D eigenvalue weighted by Gasteiger charge is 2.16. The minimum Gasteiger partial charge on any atom is -0.428 e. The Morgan fingerprint density at radius 2 is 1.90 bits per heavy atom. The smallest absolute Gasteiger partial charge is 0.344 e. The first-order valence-corrected chi connectivity index (χ1v) is 8.69. The van der Waals surface area contributed by atoms with Crippen molar-refractivity contribution in [2.24, 2.45) is 5.34 Å². The maximum absolute atomic E-state index is 12.0. The summed E-state index contributed by atoms with van der Waals surface area (Å²) < 4.78 is 14.5. The lowest BCUT2D eigenvalue weighted by Crippen LogP contribution is -2.20. The molecule has 0 aliphatic rings. The van der Waals surface area contributed by atoms with Crippen LogP contribution in [0.2, 0.25) is 0 Å². The number of hydrogen-bond acceptors (Lipinski definition) is 12. The van der Waals surface area contributed by atoms with Crippen molar-refractivity contribution in [3.63, 3.8) is 0 Å². The summed E-state index contributed by atoms with van der Waals surface area (Å²) >= 11 is 0. The summed E-state index contributed by atoms with van der Waals surface area (Å²) in [6.45, 7) is 0.0839. The van der Waals surface area contributed by atoms with Crippen LogP contribution in [-0.4, -0.2) is 42.5 Å². The number of benzene rings is 1. The Bertz CT molecular complexity index is 753.